The Bertz CT molecular complexity index is 369. The molecule has 18 heavy (non-hydrogen) atoms. The number of amides is 1. The van der Waals surface area contributed by atoms with Gasteiger partial charge in [-0.2, -0.15) is 0 Å². The molecule has 0 aromatic heterocycles. The van der Waals surface area contributed by atoms with E-state index in [0.717, 1.165) is 19.4 Å². The fraction of sp³-hybridized carbons (Fsp3) is 0.500. The summed E-state index contributed by atoms with van der Waals surface area (Å²) in [5.74, 6) is -0.191. The average Bonchev–Trinajstić information content (AvgIpc) is 2.37. The predicted molar refractivity (Wildman–Crippen MR) is 70.9 cm³/mol. The smallest absolute Gasteiger partial charge is 0.233 e. The first kappa shape index (κ1) is 14.6. The fourth-order valence-electron chi connectivity index (χ4n) is 1.59. The number of rotatable bonds is 8. The van der Waals surface area contributed by atoms with Gasteiger partial charge >= 0.3 is 0 Å². The summed E-state index contributed by atoms with van der Waals surface area (Å²) in [5.41, 5.74) is 0.677. The molecule has 1 aromatic carbocycles. The van der Waals surface area contributed by atoms with E-state index in [4.69, 9.17) is 0 Å². The van der Waals surface area contributed by atoms with Gasteiger partial charge in [-0.25, -0.2) is 4.39 Å². The number of halogens is 1. The Morgan fingerprint density at radius 2 is 2.06 bits per heavy atom. The molecule has 0 atom stereocenters. The topological polar surface area (TPSA) is 41.1 Å². The quantitative estimate of drug-likeness (QED) is 0.694. The van der Waals surface area contributed by atoms with Crippen molar-refractivity contribution in [3.63, 3.8) is 0 Å². The lowest BCUT2D eigenvalue weighted by molar-refractivity contribution is -0.120. The van der Waals surface area contributed by atoms with Gasteiger partial charge in [-0.3, -0.25) is 4.79 Å². The van der Waals surface area contributed by atoms with E-state index in [9.17, 15) is 9.18 Å². The van der Waals surface area contributed by atoms with Gasteiger partial charge < -0.3 is 10.6 Å². The predicted octanol–water partition coefficient (Wildman–Crippen LogP) is 1.87. The van der Waals surface area contributed by atoms with E-state index in [-0.39, 0.29) is 18.3 Å². The zero-order valence-corrected chi connectivity index (χ0v) is 10.8. The Balaban J connectivity index is 2.12. The second kappa shape index (κ2) is 8.64. The lowest BCUT2D eigenvalue weighted by Crippen LogP contribution is -2.35. The third-order valence-corrected chi connectivity index (χ3v) is 2.67. The van der Waals surface area contributed by atoms with Crippen molar-refractivity contribution >= 4 is 5.91 Å². The maximum Gasteiger partial charge on any atom is 0.233 e. The first-order valence-electron chi connectivity index (χ1n) is 6.45. The minimum Gasteiger partial charge on any atom is -0.355 e. The number of carbonyl (C=O) groups is 1. The van der Waals surface area contributed by atoms with Crippen molar-refractivity contribution in [2.75, 3.05) is 19.6 Å². The Kier molecular flexibility index (Phi) is 7.03. The third kappa shape index (κ3) is 5.77. The van der Waals surface area contributed by atoms with Crippen LogP contribution in [0, 0.1) is 5.82 Å². The highest BCUT2D eigenvalue weighted by Crippen LogP contribution is 2.05. The van der Waals surface area contributed by atoms with Gasteiger partial charge in [0.05, 0.1) is 6.54 Å². The van der Waals surface area contributed by atoms with E-state index >= 15 is 0 Å². The lowest BCUT2D eigenvalue weighted by Gasteiger charge is -2.06. The molecule has 100 valence electrons. The summed E-state index contributed by atoms with van der Waals surface area (Å²) >= 11 is 0. The van der Waals surface area contributed by atoms with Crippen molar-refractivity contribution in [1.29, 1.82) is 0 Å². The SMILES string of the molecule is CCCCNC(=O)CNCCc1ccccc1F. The van der Waals surface area contributed by atoms with Crippen LogP contribution < -0.4 is 10.6 Å². The highest BCUT2D eigenvalue weighted by Gasteiger charge is 2.02. The highest BCUT2D eigenvalue weighted by molar-refractivity contribution is 5.77. The van der Waals surface area contributed by atoms with Crippen LogP contribution in [0.4, 0.5) is 4.39 Å². The summed E-state index contributed by atoms with van der Waals surface area (Å²) in [6.07, 6.45) is 2.66. The second-order valence-corrected chi connectivity index (χ2v) is 4.22. The zero-order valence-electron chi connectivity index (χ0n) is 10.8. The van der Waals surface area contributed by atoms with Crippen LogP contribution in [0.25, 0.3) is 0 Å². The number of benzene rings is 1. The van der Waals surface area contributed by atoms with Gasteiger partial charge in [-0.05, 0) is 31.0 Å². The lowest BCUT2D eigenvalue weighted by atomic mass is 10.1. The van der Waals surface area contributed by atoms with Gasteiger partial charge in [0.1, 0.15) is 5.82 Å². The standard InChI is InChI=1S/C14H21FN2O/c1-2-3-9-17-14(18)11-16-10-8-12-6-4-5-7-13(12)15/h4-7,16H,2-3,8-11H2,1H3,(H,17,18). The van der Waals surface area contributed by atoms with Crippen LogP contribution in [0.1, 0.15) is 25.3 Å². The van der Waals surface area contributed by atoms with Gasteiger partial charge in [0.2, 0.25) is 5.91 Å². The Labute approximate surface area is 108 Å². The number of carbonyl (C=O) groups excluding carboxylic acids is 1. The van der Waals surface area contributed by atoms with Crippen LogP contribution in [-0.2, 0) is 11.2 Å². The van der Waals surface area contributed by atoms with E-state index in [0.29, 0.717) is 18.5 Å². The highest BCUT2D eigenvalue weighted by atomic mass is 19.1. The molecule has 0 bridgehead atoms. The van der Waals surface area contributed by atoms with Crippen LogP contribution in [0.3, 0.4) is 0 Å². The molecular weight excluding hydrogens is 231 g/mol. The van der Waals surface area contributed by atoms with E-state index < -0.39 is 0 Å². The summed E-state index contributed by atoms with van der Waals surface area (Å²) in [7, 11) is 0. The molecule has 0 heterocycles. The summed E-state index contributed by atoms with van der Waals surface area (Å²) in [6.45, 7) is 3.70. The van der Waals surface area contributed by atoms with Gasteiger partial charge in [0, 0.05) is 6.54 Å². The number of unbranched alkanes of at least 4 members (excludes halogenated alkanes) is 1. The average molecular weight is 252 g/mol. The molecule has 0 aliphatic carbocycles. The van der Waals surface area contributed by atoms with Gasteiger partial charge in [0.15, 0.2) is 0 Å². The summed E-state index contributed by atoms with van der Waals surface area (Å²) in [4.78, 5) is 11.3. The van der Waals surface area contributed by atoms with Crippen LogP contribution in [-0.4, -0.2) is 25.5 Å². The normalized spacial score (nSPS) is 10.3. The van der Waals surface area contributed by atoms with Crippen LogP contribution in [0.2, 0.25) is 0 Å². The van der Waals surface area contributed by atoms with E-state index in [1.54, 1.807) is 12.1 Å². The van der Waals surface area contributed by atoms with E-state index in [1.807, 2.05) is 6.07 Å². The van der Waals surface area contributed by atoms with E-state index in [1.165, 1.54) is 6.07 Å². The number of nitrogens with one attached hydrogen (secondary N) is 2. The first-order valence-corrected chi connectivity index (χ1v) is 6.45. The first-order chi connectivity index (χ1) is 8.74. The Morgan fingerprint density at radius 3 is 2.78 bits per heavy atom. The molecule has 0 radical (unpaired) electrons. The molecule has 0 saturated heterocycles. The Morgan fingerprint density at radius 1 is 1.28 bits per heavy atom. The van der Waals surface area contributed by atoms with Gasteiger partial charge in [-0.1, -0.05) is 31.5 Å². The molecule has 0 saturated carbocycles. The maximum absolute atomic E-state index is 13.3. The van der Waals surface area contributed by atoms with Crippen molar-refractivity contribution in [3.8, 4) is 0 Å². The Hall–Kier alpha value is -1.42. The monoisotopic (exact) mass is 252 g/mol. The van der Waals surface area contributed by atoms with E-state index in [2.05, 4.69) is 17.6 Å². The molecule has 0 spiro atoms. The maximum atomic E-state index is 13.3. The van der Waals surface area contributed by atoms with Gasteiger partial charge in [0.25, 0.3) is 0 Å². The molecule has 1 aromatic rings. The molecule has 3 nitrogen and oxygen atoms in total. The van der Waals surface area contributed by atoms with Gasteiger partial charge in [-0.15, -0.1) is 0 Å². The molecule has 1 rings (SSSR count). The van der Waals surface area contributed by atoms with Crippen LogP contribution in [0.5, 0.6) is 0 Å². The van der Waals surface area contributed by atoms with Crippen molar-refractivity contribution in [3.05, 3.63) is 35.6 Å². The second-order valence-electron chi connectivity index (χ2n) is 4.22. The molecular formula is C14H21FN2O. The largest absolute Gasteiger partial charge is 0.355 e. The van der Waals surface area contributed by atoms with Crippen LogP contribution in [0.15, 0.2) is 24.3 Å². The summed E-state index contributed by atoms with van der Waals surface area (Å²) in [5, 5.41) is 5.83. The van der Waals surface area contributed by atoms with Crippen molar-refractivity contribution < 1.29 is 9.18 Å². The fourth-order valence-corrected chi connectivity index (χ4v) is 1.59. The minimum atomic E-state index is -0.188. The summed E-state index contributed by atoms with van der Waals surface area (Å²) in [6, 6.07) is 6.70. The van der Waals surface area contributed by atoms with Crippen molar-refractivity contribution in [1.82, 2.24) is 10.6 Å². The summed E-state index contributed by atoms with van der Waals surface area (Å²) < 4.78 is 13.3. The van der Waals surface area contributed by atoms with Crippen LogP contribution >= 0.6 is 0 Å². The molecule has 0 fully saturated rings. The number of hydrogen-bond donors (Lipinski definition) is 2. The van der Waals surface area contributed by atoms with Crippen molar-refractivity contribution in [2.45, 2.75) is 26.2 Å². The third-order valence-electron chi connectivity index (χ3n) is 2.67. The van der Waals surface area contributed by atoms with Crippen molar-refractivity contribution in [2.24, 2.45) is 0 Å². The zero-order chi connectivity index (χ0) is 13.2. The molecule has 1 amide bonds. The molecule has 0 unspecified atom stereocenters. The molecule has 4 heteroatoms. The molecule has 0 aliphatic heterocycles. The molecule has 2 N–H and O–H groups in total. The molecule has 0 aliphatic rings. The minimum absolute atomic E-state index is 0.00279. The number of hydrogen-bond acceptors (Lipinski definition) is 2.